The fraction of sp³-hybridized carbons (Fsp3) is 0.286. The standard InChI is InChI=1S/C14H15ClN2O2/c1-17-8-7-16-14(17)6-4-12(18)11-9-10(15)3-5-13(11)19-2/h3,5,7-9H,4,6H2,1-2H3. The fourth-order valence-electron chi connectivity index (χ4n) is 1.90. The minimum Gasteiger partial charge on any atom is -0.496 e. The van der Waals surface area contributed by atoms with Gasteiger partial charge in [-0.05, 0) is 18.2 Å². The number of aromatic nitrogens is 2. The van der Waals surface area contributed by atoms with Crippen LogP contribution in [0, 0.1) is 0 Å². The molecule has 1 heterocycles. The number of hydrogen-bond acceptors (Lipinski definition) is 3. The van der Waals surface area contributed by atoms with E-state index in [0.717, 1.165) is 5.82 Å². The van der Waals surface area contributed by atoms with E-state index in [1.807, 2.05) is 17.8 Å². The van der Waals surface area contributed by atoms with Crippen molar-refractivity contribution >= 4 is 17.4 Å². The fourth-order valence-corrected chi connectivity index (χ4v) is 2.07. The van der Waals surface area contributed by atoms with Gasteiger partial charge in [0.15, 0.2) is 5.78 Å². The minimum atomic E-state index is 0.00218. The average Bonchev–Trinajstić information content (AvgIpc) is 2.81. The molecular formula is C14H15ClN2O2. The maximum atomic E-state index is 12.2. The third-order valence-corrected chi connectivity index (χ3v) is 3.19. The number of ether oxygens (including phenoxy) is 1. The number of ketones is 1. The van der Waals surface area contributed by atoms with Gasteiger partial charge in [0.2, 0.25) is 0 Å². The highest BCUT2D eigenvalue weighted by Gasteiger charge is 2.13. The zero-order chi connectivity index (χ0) is 13.8. The molecule has 19 heavy (non-hydrogen) atoms. The Bertz CT molecular complexity index is 593. The maximum Gasteiger partial charge on any atom is 0.167 e. The zero-order valence-electron chi connectivity index (χ0n) is 10.9. The van der Waals surface area contributed by atoms with Gasteiger partial charge in [-0.3, -0.25) is 4.79 Å². The third-order valence-electron chi connectivity index (χ3n) is 2.96. The Labute approximate surface area is 117 Å². The predicted octanol–water partition coefficient (Wildman–Crippen LogP) is 2.90. The lowest BCUT2D eigenvalue weighted by Gasteiger charge is -2.08. The SMILES string of the molecule is COc1ccc(Cl)cc1C(=O)CCc1nccn1C. The summed E-state index contributed by atoms with van der Waals surface area (Å²) in [7, 11) is 3.45. The second kappa shape index (κ2) is 5.89. The van der Waals surface area contributed by atoms with Gasteiger partial charge in [0.1, 0.15) is 11.6 Å². The van der Waals surface area contributed by atoms with Gasteiger partial charge in [-0.25, -0.2) is 4.98 Å². The third kappa shape index (κ3) is 3.15. The number of rotatable bonds is 5. The molecule has 0 fully saturated rings. The van der Waals surface area contributed by atoms with Crippen molar-refractivity contribution in [1.29, 1.82) is 0 Å². The van der Waals surface area contributed by atoms with Gasteiger partial charge in [0, 0.05) is 37.3 Å². The average molecular weight is 279 g/mol. The van der Waals surface area contributed by atoms with Crippen LogP contribution in [0.15, 0.2) is 30.6 Å². The highest BCUT2D eigenvalue weighted by molar-refractivity contribution is 6.31. The van der Waals surface area contributed by atoms with E-state index in [-0.39, 0.29) is 5.78 Å². The van der Waals surface area contributed by atoms with Crippen molar-refractivity contribution in [2.75, 3.05) is 7.11 Å². The summed E-state index contributed by atoms with van der Waals surface area (Å²) < 4.78 is 7.09. The lowest BCUT2D eigenvalue weighted by atomic mass is 10.1. The molecule has 0 saturated carbocycles. The van der Waals surface area contributed by atoms with Crippen molar-refractivity contribution in [1.82, 2.24) is 9.55 Å². The first-order valence-electron chi connectivity index (χ1n) is 5.94. The minimum absolute atomic E-state index is 0.00218. The van der Waals surface area contributed by atoms with Crippen LogP contribution >= 0.6 is 11.6 Å². The van der Waals surface area contributed by atoms with E-state index in [1.165, 1.54) is 0 Å². The number of halogens is 1. The molecule has 0 aliphatic heterocycles. The first-order valence-corrected chi connectivity index (χ1v) is 6.32. The van der Waals surface area contributed by atoms with Crippen LogP contribution in [0.3, 0.4) is 0 Å². The first kappa shape index (κ1) is 13.6. The number of Topliss-reactive ketones (excluding diaryl/α,β-unsaturated/α-hetero) is 1. The molecule has 100 valence electrons. The van der Waals surface area contributed by atoms with E-state index in [4.69, 9.17) is 16.3 Å². The Morgan fingerprint density at radius 2 is 2.26 bits per heavy atom. The van der Waals surface area contributed by atoms with Crippen LogP contribution in [-0.2, 0) is 13.5 Å². The van der Waals surface area contributed by atoms with Crippen LogP contribution in [0.1, 0.15) is 22.6 Å². The van der Waals surface area contributed by atoms with Crippen LogP contribution in [0.25, 0.3) is 0 Å². The van der Waals surface area contributed by atoms with Crippen molar-refractivity contribution in [2.24, 2.45) is 7.05 Å². The summed E-state index contributed by atoms with van der Waals surface area (Å²) in [6.45, 7) is 0. The molecule has 0 unspecified atom stereocenters. The molecule has 0 bridgehead atoms. The highest BCUT2D eigenvalue weighted by atomic mass is 35.5. The van der Waals surface area contributed by atoms with Gasteiger partial charge in [-0.1, -0.05) is 11.6 Å². The monoisotopic (exact) mass is 278 g/mol. The van der Waals surface area contributed by atoms with Crippen molar-refractivity contribution in [2.45, 2.75) is 12.8 Å². The molecule has 0 aliphatic carbocycles. The molecule has 0 N–H and O–H groups in total. The second-order valence-corrected chi connectivity index (χ2v) is 4.66. The maximum absolute atomic E-state index is 12.2. The number of nitrogens with zero attached hydrogens (tertiary/aromatic N) is 2. The molecule has 1 aromatic heterocycles. The smallest absolute Gasteiger partial charge is 0.167 e. The lowest BCUT2D eigenvalue weighted by Crippen LogP contribution is -2.06. The van der Waals surface area contributed by atoms with Crippen molar-refractivity contribution < 1.29 is 9.53 Å². The van der Waals surface area contributed by atoms with E-state index in [1.54, 1.807) is 31.5 Å². The first-order chi connectivity index (χ1) is 9.11. The molecule has 4 nitrogen and oxygen atoms in total. The molecule has 0 radical (unpaired) electrons. The second-order valence-electron chi connectivity index (χ2n) is 4.22. The van der Waals surface area contributed by atoms with E-state index < -0.39 is 0 Å². The Morgan fingerprint density at radius 3 is 2.89 bits per heavy atom. The molecule has 2 rings (SSSR count). The van der Waals surface area contributed by atoms with E-state index in [2.05, 4.69) is 4.98 Å². The molecule has 0 spiro atoms. The zero-order valence-corrected chi connectivity index (χ0v) is 11.6. The summed E-state index contributed by atoms with van der Waals surface area (Å²) in [6, 6.07) is 5.05. The molecule has 2 aromatic rings. The Balaban J connectivity index is 2.12. The van der Waals surface area contributed by atoms with Crippen LogP contribution < -0.4 is 4.74 Å². The predicted molar refractivity (Wildman–Crippen MR) is 73.9 cm³/mol. The topological polar surface area (TPSA) is 44.1 Å². The van der Waals surface area contributed by atoms with Gasteiger partial charge in [0.25, 0.3) is 0 Å². The number of imidazole rings is 1. The Morgan fingerprint density at radius 1 is 1.47 bits per heavy atom. The van der Waals surface area contributed by atoms with Crippen LogP contribution in [0.5, 0.6) is 5.75 Å². The van der Waals surface area contributed by atoms with Crippen LogP contribution in [0.4, 0.5) is 0 Å². The lowest BCUT2D eigenvalue weighted by molar-refractivity contribution is 0.0979. The van der Waals surface area contributed by atoms with Gasteiger partial charge in [0.05, 0.1) is 12.7 Å². The number of carbonyl (C=O) groups is 1. The molecule has 5 heteroatoms. The largest absolute Gasteiger partial charge is 0.496 e. The number of carbonyl (C=O) groups excluding carboxylic acids is 1. The Hall–Kier alpha value is -1.81. The molecule has 0 atom stereocenters. The van der Waals surface area contributed by atoms with E-state index in [0.29, 0.717) is 29.2 Å². The van der Waals surface area contributed by atoms with Crippen LogP contribution in [0.2, 0.25) is 5.02 Å². The molecule has 1 aromatic carbocycles. The summed E-state index contributed by atoms with van der Waals surface area (Å²) in [4.78, 5) is 16.4. The quantitative estimate of drug-likeness (QED) is 0.790. The van der Waals surface area contributed by atoms with Gasteiger partial charge >= 0.3 is 0 Å². The normalized spacial score (nSPS) is 10.5. The molecular weight excluding hydrogens is 264 g/mol. The van der Waals surface area contributed by atoms with E-state index in [9.17, 15) is 4.79 Å². The van der Waals surface area contributed by atoms with Crippen LogP contribution in [-0.4, -0.2) is 22.4 Å². The molecule has 0 aliphatic rings. The van der Waals surface area contributed by atoms with Gasteiger partial charge < -0.3 is 9.30 Å². The molecule has 0 amide bonds. The summed E-state index contributed by atoms with van der Waals surface area (Å²) in [5, 5.41) is 0.529. The summed E-state index contributed by atoms with van der Waals surface area (Å²) >= 11 is 5.92. The summed E-state index contributed by atoms with van der Waals surface area (Å²) in [5.41, 5.74) is 0.518. The van der Waals surface area contributed by atoms with Crippen molar-refractivity contribution in [3.8, 4) is 5.75 Å². The number of aryl methyl sites for hydroxylation is 2. The van der Waals surface area contributed by atoms with Gasteiger partial charge in [-0.15, -0.1) is 0 Å². The van der Waals surface area contributed by atoms with Crippen molar-refractivity contribution in [3.05, 3.63) is 47.0 Å². The molecule has 0 saturated heterocycles. The number of benzene rings is 1. The Kier molecular flexibility index (Phi) is 4.22. The summed E-state index contributed by atoms with van der Waals surface area (Å²) in [5.74, 6) is 1.44. The van der Waals surface area contributed by atoms with Crippen molar-refractivity contribution in [3.63, 3.8) is 0 Å². The summed E-state index contributed by atoms with van der Waals surface area (Å²) in [6.07, 6.45) is 4.55. The highest BCUT2D eigenvalue weighted by Crippen LogP contribution is 2.24. The van der Waals surface area contributed by atoms with Gasteiger partial charge in [-0.2, -0.15) is 0 Å². The number of methoxy groups -OCH3 is 1. The van der Waals surface area contributed by atoms with E-state index >= 15 is 0 Å². The number of hydrogen-bond donors (Lipinski definition) is 0.